The van der Waals surface area contributed by atoms with Crippen molar-refractivity contribution >= 4 is 21.8 Å². The van der Waals surface area contributed by atoms with Crippen molar-refractivity contribution in [1.82, 2.24) is 19.7 Å². The highest BCUT2D eigenvalue weighted by Crippen LogP contribution is 2.28. The van der Waals surface area contributed by atoms with E-state index in [0.717, 1.165) is 34.4 Å². The largest absolute Gasteiger partial charge is 0.347 e. The van der Waals surface area contributed by atoms with Crippen LogP contribution in [-0.4, -0.2) is 38.7 Å². The van der Waals surface area contributed by atoms with Crippen molar-refractivity contribution in [2.75, 3.05) is 13.1 Å². The number of aromatic amines is 1. The van der Waals surface area contributed by atoms with Crippen LogP contribution in [0.25, 0.3) is 5.69 Å². The van der Waals surface area contributed by atoms with Crippen molar-refractivity contribution in [3.8, 4) is 5.69 Å². The summed E-state index contributed by atoms with van der Waals surface area (Å²) in [5.74, 6) is 1.02. The minimum absolute atomic E-state index is 0.132. The Bertz CT molecular complexity index is 1020. The van der Waals surface area contributed by atoms with Gasteiger partial charge in [-0.15, -0.1) is 0 Å². The lowest BCUT2D eigenvalue weighted by molar-refractivity contribution is -0.131. The van der Waals surface area contributed by atoms with Gasteiger partial charge in [0, 0.05) is 23.5 Å². The second-order valence-corrected chi connectivity index (χ2v) is 7.84. The van der Waals surface area contributed by atoms with Gasteiger partial charge in [0.25, 0.3) is 0 Å². The van der Waals surface area contributed by atoms with Gasteiger partial charge in [-0.3, -0.25) is 4.79 Å². The van der Waals surface area contributed by atoms with Crippen molar-refractivity contribution in [1.29, 1.82) is 0 Å². The molecule has 1 aliphatic rings. The number of carbonyl (C=O) groups excluding carboxylic acids is 1. The Kier molecular flexibility index (Phi) is 5.43. The zero-order valence-electron chi connectivity index (χ0n) is 15.3. The zero-order valence-corrected chi connectivity index (χ0v) is 16.9. The molecule has 0 radical (unpaired) electrons. The number of carbonyl (C=O) groups is 1. The second-order valence-electron chi connectivity index (χ2n) is 6.98. The van der Waals surface area contributed by atoms with Crippen LogP contribution in [-0.2, 0) is 11.2 Å². The highest BCUT2D eigenvalue weighted by Gasteiger charge is 2.28. The maximum Gasteiger partial charge on any atom is 0.347 e. The van der Waals surface area contributed by atoms with Gasteiger partial charge < -0.3 is 4.90 Å². The van der Waals surface area contributed by atoms with Crippen molar-refractivity contribution in [2.45, 2.75) is 25.2 Å². The van der Waals surface area contributed by atoms with Crippen LogP contribution in [0.15, 0.2) is 63.9 Å². The number of hydrogen-bond donors (Lipinski definition) is 1. The number of benzene rings is 2. The third-order valence-corrected chi connectivity index (χ3v) is 6.00. The van der Waals surface area contributed by atoms with Gasteiger partial charge in [0.05, 0.1) is 12.1 Å². The molecule has 0 saturated carbocycles. The molecule has 1 saturated heterocycles. The highest BCUT2D eigenvalue weighted by molar-refractivity contribution is 9.10. The van der Waals surface area contributed by atoms with Crippen LogP contribution in [0.5, 0.6) is 0 Å². The predicted molar refractivity (Wildman–Crippen MR) is 111 cm³/mol. The molecule has 1 amide bonds. The van der Waals surface area contributed by atoms with Crippen LogP contribution in [0.1, 0.15) is 30.1 Å². The molecule has 3 aromatic rings. The molecule has 0 aliphatic carbocycles. The maximum absolute atomic E-state index is 12.7. The molecule has 1 N–H and O–H groups in total. The molecular weight excluding hydrogens is 420 g/mol. The molecule has 0 spiro atoms. The maximum atomic E-state index is 12.7. The van der Waals surface area contributed by atoms with E-state index in [-0.39, 0.29) is 17.5 Å². The normalized spacial score (nSPS) is 15.0. The smallest absolute Gasteiger partial charge is 0.342 e. The summed E-state index contributed by atoms with van der Waals surface area (Å²) in [7, 11) is 0. The molecule has 0 bridgehead atoms. The fourth-order valence-corrected chi connectivity index (χ4v) is 4.14. The molecule has 0 unspecified atom stereocenters. The predicted octanol–water partition coefficient (Wildman–Crippen LogP) is 3.27. The lowest BCUT2D eigenvalue weighted by atomic mass is 9.95. The number of hydrogen-bond acceptors (Lipinski definition) is 3. The van der Waals surface area contributed by atoms with E-state index >= 15 is 0 Å². The van der Waals surface area contributed by atoms with E-state index in [9.17, 15) is 9.59 Å². The van der Waals surface area contributed by atoms with Gasteiger partial charge in [0.1, 0.15) is 5.82 Å². The molecule has 1 fully saturated rings. The first-order chi connectivity index (χ1) is 13.6. The lowest BCUT2D eigenvalue weighted by Gasteiger charge is -2.31. The van der Waals surface area contributed by atoms with Crippen molar-refractivity contribution in [3.63, 3.8) is 0 Å². The molecule has 0 atom stereocenters. The Morgan fingerprint density at radius 3 is 2.46 bits per heavy atom. The first-order valence-electron chi connectivity index (χ1n) is 9.37. The topological polar surface area (TPSA) is 71.0 Å². The quantitative estimate of drug-likeness (QED) is 0.676. The van der Waals surface area contributed by atoms with Crippen LogP contribution in [0.4, 0.5) is 0 Å². The molecule has 1 aliphatic heterocycles. The Labute approximate surface area is 171 Å². The van der Waals surface area contributed by atoms with Crippen LogP contribution in [0.3, 0.4) is 0 Å². The Morgan fingerprint density at radius 2 is 1.75 bits per heavy atom. The summed E-state index contributed by atoms with van der Waals surface area (Å²) in [4.78, 5) is 26.9. The van der Waals surface area contributed by atoms with Crippen molar-refractivity contribution < 1.29 is 4.79 Å². The van der Waals surface area contributed by atoms with E-state index in [2.05, 4.69) is 26.1 Å². The number of piperidine rings is 1. The van der Waals surface area contributed by atoms with Crippen LogP contribution >= 0.6 is 15.9 Å². The average Bonchev–Trinajstić information content (AvgIpc) is 3.12. The molecule has 2 aromatic carbocycles. The highest BCUT2D eigenvalue weighted by atomic mass is 79.9. The summed E-state index contributed by atoms with van der Waals surface area (Å²) in [6, 6.07) is 17.3. The van der Waals surface area contributed by atoms with E-state index < -0.39 is 0 Å². The second kappa shape index (κ2) is 8.14. The fraction of sp³-hybridized carbons (Fsp3) is 0.286. The first kappa shape index (κ1) is 18.7. The Hall–Kier alpha value is -2.67. The van der Waals surface area contributed by atoms with Crippen molar-refractivity contribution in [2.24, 2.45) is 0 Å². The standard InChI is InChI=1S/C21H21BrN4O2/c22-18-9-5-4-6-16(18)14-19(27)25-12-10-15(11-13-25)20-23-24-21(28)26(20)17-7-2-1-3-8-17/h1-9,15H,10-14H2,(H,24,28). The molecule has 4 rings (SSSR count). The van der Waals surface area contributed by atoms with Gasteiger partial charge in [0.15, 0.2) is 0 Å². The first-order valence-corrected chi connectivity index (χ1v) is 10.2. The van der Waals surface area contributed by atoms with Crippen LogP contribution in [0.2, 0.25) is 0 Å². The summed E-state index contributed by atoms with van der Waals surface area (Å²) in [6.45, 7) is 1.34. The number of aromatic nitrogens is 3. The molecule has 6 nitrogen and oxygen atoms in total. The monoisotopic (exact) mass is 440 g/mol. The van der Waals surface area contributed by atoms with Crippen LogP contribution in [0, 0.1) is 0 Å². The van der Waals surface area contributed by atoms with Gasteiger partial charge in [-0.05, 0) is 36.6 Å². The van der Waals surface area contributed by atoms with Crippen LogP contribution < -0.4 is 5.69 Å². The van der Waals surface area contributed by atoms with Gasteiger partial charge in [-0.1, -0.05) is 52.3 Å². The molecule has 144 valence electrons. The number of nitrogens with one attached hydrogen (secondary N) is 1. The average molecular weight is 441 g/mol. The van der Waals surface area contributed by atoms with E-state index in [1.807, 2.05) is 59.5 Å². The third kappa shape index (κ3) is 3.80. The number of likely N-dealkylation sites (tertiary alicyclic amines) is 1. The number of H-pyrrole nitrogens is 1. The molecule has 7 heteroatoms. The minimum atomic E-state index is -0.228. The summed E-state index contributed by atoms with van der Waals surface area (Å²) in [6.07, 6.45) is 1.97. The molecular formula is C21H21BrN4O2. The summed E-state index contributed by atoms with van der Waals surface area (Å²) >= 11 is 3.51. The SMILES string of the molecule is O=C(Cc1ccccc1Br)N1CCC(c2n[nH]c(=O)n2-c2ccccc2)CC1. The summed E-state index contributed by atoms with van der Waals surface area (Å²) in [5, 5.41) is 6.86. The lowest BCUT2D eigenvalue weighted by Crippen LogP contribution is -2.39. The van der Waals surface area contributed by atoms with Gasteiger partial charge in [0.2, 0.25) is 5.91 Å². The number of rotatable bonds is 4. The third-order valence-electron chi connectivity index (χ3n) is 5.23. The van der Waals surface area contributed by atoms with Gasteiger partial charge in [-0.2, -0.15) is 5.10 Å². The number of amides is 1. The Morgan fingerprint density at radius 1 is 1.07 bits per heavy atom. The summed E-state index contributed by atoms with van der Waals surface area (Å²) < 4.78 is 2.60. The van der Waals surface area contributed by atoms with Gasteiger partial charge >= 0.3 is 5.69 Å². The number of halogens is 1. The van der Waals surface area contributed by atoms with Gasteiger partial charge in [-0.25, -0.2) is 14.5 Å². The molecule has 28 heavy (non-hydrogen) atoms. The van der Waals surface area contributed by atoms with E-state index in [0.29, 0.717) is 19.5 Å². The van der Waals surface area contributed by atoms with E-state index in [4.69, 9.17) is 0 Å². The molecule has 2 heterocycles. The van der Waals surface area contributed by atoms with E-state index in [1.54, 1.807) is 4.57 Å². The van der Waals surface area contributed by atoms with Crippen molar-refractivity contribution in [3.05, 3.63) is 80.9 Å². The molecule has 1 aromatic heterocycles. The Balaban J connectivity index is 1.45. The fourth-order valence-electron chi connectivity index (χ4n) is 3.71. The van der Waals surface area contributed by atoms with E-state index in [1.165, 1.54) is 0 Å². The number of para-hydroxylation sites is 1. The zero-order chi connectivity index (χ0) is 19.5. The summed E-state index contributed by atoms with van der Waals surface area (Å²) in [5.41, 5.74) is 1.58. The minimum Gasteiger partial charge on any atom is -0.342 e. The number of nitrogens with zero attached hydrogens (tertiary/aromatic N) is 3.